The Kier molecular flexibility index (Phi) is 5.16. The molecule has 6 heteroatoms. The minimum atomic E-state index is -2.90. The first kappa shape index (κ1) is 17.2. The summed E-state index contributed by atoms with van der Waals surface area (Å²) in [4.78, 5) is 11.9. The lowest BCUT2D eigenvalue weighted by Crippen LogP contribution is -2.21. The number of ether oxygens (including phenoxy) is 1. The molecule has 1 aromatic carbocycles. The molecule has 2 aromatic rings. The van der Waals surface area contributed by atoms with Gasteiger partial charge in [-0.15, -0.1) is 0 Å². The van der Waals surface area contributed by atoms with Gasteiger partial charge in [0.05, 0.1) is 0 Å². The molecule has 1 amide bonds. The zero-order valence-electron chi connectivity index (χ0n) is 13.7. The van der Waals surface area contributed by atoms with E-state index in [-0.39, 0.29) is 18.2 Å². The molecular weight excluding hydrogens is 328 g/mol. The van der Waals surface area contributed by atoms with Gasteiger partial charge in [0.25, 0.3) is 0 Å². The van der Waals surface area contributed by atoms with Crippen LogP contribution >= 0.6 is 0 Å². The summed E-state index contributed by atoms with van der Waals surface area (Å²) in [5, 5.41) is 2.64. The molecule has 1 heterocycles. The Morgan fingerprint density at radius 1 is 1.36 bits per heavy atom. The molecule has 25 heavy (non-hydrogen) atoms. The summed E-state index contributed by atoms with van der Waals surface area (Å²) in [5.74, 6) is 2.42. The third-order valence-electron chi connectivity index (χ3n) is 4.16. The Hall–Kier alpha value is -2.63. The van der Waals surface area contributed by atoms with E-state index in [2.05, 4.69) is 17.0 Å². The van der Waals surface area contributed by atoms with Crippen LogP contribution in [0.15, 0.2) is 46.9 Å². The Morgan fingerprint density at radius 3 is 2.84 bits per heavy atom. The van der Waals surface area contributed by atoms with Crippen LogP contribution in [-0.4, -0.2) is 12.5 Å². The molecule has 0 aliphatic heterocycles. The molecule has 4 nitrogen and oxygen atoms in total. The first-order chi connectivity index (χ1) is 12.0. The lowest BCUT2D eigenvalue weighted by Gasteiger charge is -2.10. The molecule has 0 saturated heterocycles. The molecule has 0 unspecified atom stereocenters. The number of rotatable bonds is 7. The van der Waals surface area contributed by atoms with Crippen LogP contribution < -0.4 is 10.1 Å². The predicted octanol–water partition coefficient (Wildman–Crippen LogP) is 4.33. The average molecular weight is 347 g/mol. The van der Waals surface area contributed by atoms with Crippen molar-refractivity contribution in [1.82, 2.24) is 5.32 Å². The van der Waals surface area contributed by atoms with Crippen molar-refractivity contribution < 1.29 is 22.7 Å². The fraction of sp³-hybridized carbons (Fsp3) is 0.316. The molecule has 0 bridgehead atoms. The van der Waals surface area contributed by atoms with E-state index in [1.165, 1.54) is 12.1 Å². The lowest BCUT2D eigenvalue weighted by atomic mass is 10.2. The topological polar surface area (TPSA) is 51.5 Å². The number of furan rings is 1. The average Bonchev–Trinajstić information content (AvgIpc) is 3.12. The van der Waals surface area contributed by atoms with Gasteiger partial charge in [0.1, 0.15) is 17.3 Å². The number of hydrogen-bond donors (Lipinski definition) is 1. The van der Waals surface area contributed by atoms with Gasteiger partial charge in [0.2, 0.25) is 5.91 Å². The first-order valence-corrected chi connectivity index (χ1v) is 8.11. The molecule has 3 rings (SSSR count). The van der Waals surface area contributed by atoms with Crippen LogP contribution in [0.1, 0.15) is 36.3 Å². The summed E-state index contributed by atoms with van der Waals surface area (Å²) in [6, 6.07) is 10.1. The first-order valence-electron chi connectivity index (χ1n) is 8.11. The van der Waals surface area contributed by atoms with Crippen molar-refractivity contribution in [2.75, 3.05) is 0 Å². The Morgan fingerprint density at radius 2 is 2.12 bits per heavy atom. The van der Waals surface area contributed by atoms with Crippen molar-refractivity contribution in [3.63, 3.8) is 0 Å². The Labute approximate surface area is 144 Å². The standard InChI is InChI=1S/C19H19F2NO3/c1-12-10-15(12)17-8-6-14(24-17)7-9-18(23)22-11-13-4-2-3-5-16(13)25-19(20)21/h2-9,12,15,19H,10-11H2,1H3,(H,22,23)/b9-7+/t12-,15-/m0/s1. The summed E-state index contributed by atoms with van der Waals surface area (Å²) >= 11 is 0. The molecule has 1 aliphatic carbocycles. The Bertz CT molecular complexity index is 770. The van der Waals surface area contributed by atoms with Gasteiger partial charge in [0, 0.05) is 24.1 Å². The SMILES string of the molecule is C[C@H]1C[C@@H]1c1ccc(/C=C/C(=O)NCc2ccccc2OC(F)F)o1. The van der Waals surface area contributed by atoms with Gasteiger partial charge in [-0.25, -0.2) is 0 Å². The van der Waals surface area contributed by atoms with Gasteiger partial charge in [-0.3, -0.25) is 4.79 Å². The van der Waals surface area contributed by atoms with E-state index in [1.54, 1.807) is 24.3 Å². The van der Waals surface area contributed by atoms with Gasteiger partial charge >= 0.3 is 6.61 Å². The van der Waals surface area contributed by atoms with Gasteiger partial charge in [-0.1, -0.05) is 25.1 Å². The van der Waals surface area contributed by atoms with Crippen molar-refractivity contribution in [2.45, 2.75) is 32.4 Å². The number of benzene rings is 1. The van der Waals surface area contributed by atoms with E-state index in [4.69, 9.17) is 4.42 Å². The van der Waals surface area contributed by atoms with Crippen molar-refractivity contribution >= 4 is 12.0 Å². The van der Waals surface area contributed by atoms with Crippen LogP contribution in [-0.2, 0) is 11.3 Å². The third kappa shape index (κ3) is 4.68. The normalized spacial score (nSPS) is 19.4. The molecule has 1 aromatic heterocycles. The molecule has 0 radical (unpaired) electrons. The molecule has 1 fully saturated rings. The second-order valence-electron chi connectivity index (χ2n) is 6.10. The van der Waals surface area contributed by atoms with Gasteiger partial charge in [-0.05, 0) is 36.6 Å². The van der Waals surface area contributed by atoms with Crippen molar-refractivity contribution in [3.05, 3.63) is 59.6 Å². The molecule has 1 aliphatic rings. The smallest absolute Gasteiger partial charge is 0.387 e. The minimum Gasteiger partial charge on any atom is -0.461 e. The van der Waals surface area contributed by atoms with E-state index in [0.717, 1.165) is 12.2 Å². The maximum atomic E-state index is 12.4. The summed E-state index contributed by atoms with van der Waals surface area (Å²) in [6.45, 7) is -0.639. The summed E-state index contributed by atoms with van der Waals surface area (Å²) in [6.07, 6.45) is 4.08. The quantitative estimate of drug-likeness (QED) is 0.758. The van der Waals surface area contributed by atoms with Crippen LogP contribution in [0, 0.1) is 5.92 Å². The lowest BCUT2D eigenvalue weighted by molar-refractivity contribution is -0.116. The number of carbonyl (C=O) groups is 1. The number of hydrogen-bond acceptors (Lipinski definition) is 3. The highest BCUT2D eigenvalue weighted by Crippen LogP contribution is 2.47. The van der Waals surface area contributed by atoms with Crippen LogP contribution in [0.3, 0.4) is 0 Å². The number of alkyl halides is 2. The highest BCUT2D eigenvalue weighted by molar-refractivity contribution is 5.91. The van der Waals surface area contributed by atoms with E-state index in [9.17, 15) is 13.6 Å². The fourth-order valence-corrected chi connectivity index (χ4v) is 2.64. The third-order valence-corrected chi connectivity index (χ3v) is 4.16. The van der Waals surface area contributed by atoms with Crippen molar-refractivity contribution in [1.29, 1.82) is 0 Å². The monoisotopic (exact) mass is 347 g/mol. The summed E-state index contributed by atoms with van der Waals surface area (Å²) in [5.41, 5.74) is 0.479. The zero-order valence-corrected chi connectivity index (χ0v) is 13.7. The van der Waals surface area contributed by atoms with Crippen molar-refractivity contribution in [3.8, 4) is 5.75 Å². The minimum absolute atomic E-state index is 0.0519. The van der Waals surface area contributed by atoms with Crippen LogP contribution in [0.25, 0.3) is 6.08 Å². The Balaban J connectivity index is 1.53. The zero-order chi connectivity index (χ0) is 17.8. The number of carbonyl (C=O) groups excluding carboxylic acids is 1. The predicted molar refractivity (Wildman–Crippen MR) is 89.2 cm³/mol. The number of para-hydroxylation sites is 1. The number of halogens is 2. The molecule has 0 spiro atoms. The van der Waals surface area contributed by atoms with Crippen LogP contribution in [0.5, 0.6) is 5.75 Å². The second-order valence-corrected chi connectivity index (χ2v) is 6.10. The molecular formula is C19H19F2NO3. The van der Waals surface area contributed by atoms with Gasteiger partial charge in [-0.2, -0.15) is 8.78 Å². The van der Waals surface area contributed by atoms with Gasteiger partial charge < -0.3 is 14.5 Å². The highest BCUT2D eigenvalue weighted by Gasteiger charge is 2.36. The second kappa shape index (κ2) is 7.51. The van der Waals surface area contributed by atoms with E-state index in [0.29, 0.717) is 23.2 Å². The number of amides is 1. The number of nitrogens with one attached hydrogen (secondary N) is 1. The van der Waals surface area contributed by atoms with E-state index >= 15 is 0 Å². The molecule has 1 N–H and O–H groups in total. The molecule has 132 valence electrons. The van der Waals surface area contributed by atoms with Crippen LogP contribution in [0.2, 0.25) is 0 Å². The van der Waals surface area contributed by atoms with Crippen LogP contribution in [0.4, 0.5) is 8.78 Å². The highest BCUT2D eigenvalue weighted by atomic mass is 19.3. The summed E-state index contributed by atoms with van der Waals surface area (Å²) < 4.78 is 34.8. The van der Waals surface area contributed by atoms with E-state index in [1.807, 2.05) is 12.1 Å². The summed E-state index contributed by atoms with van der Waals surface area (Å²) in [7, 11) is 0. The van der Waals surface area contributed by atoms with Crippen molar-refractivity contribution in [2.24, 2.45) is 5.92 Å². The van der Waals surface area contributed by atoms with E-state index < -0.39 is 6.61 Å². The molecule has 2 atom stereocenters. The maximum Gasteiger partial charge on any atom is 0.387 e. The van der Waals surface area contributed by atoms with Gasteiger partial charge in [0.15, 0.2) is 0 Å². The maximum absolute atomic E-state index is 12.4. The molecule has 1 saturated carbocycles. The largest absolute Gasteiger partial charge is 0.461 e. The fourth-order valence-electron chi connectivity index (χ4n) is 2.64.